The third kappa shape index (κ3) is 2.60. The van der Waals surface area contributed by atoms with Crippen molar-refractivity contribution in [2.24, 2.45) is 11.8 Å². The first kappa shape index (κ1) is 15.6. The molecule has 23 heavy (non-hydrogen) atoms. The lowest BCUT2D eigenvalue weighted by atomic mass is 9.86. The number of H-pyrrole nitrogens is 1. The molecule has 1 fully saturated rings. The third-order valence-electron chi connectivity index (χ3n) is 5.08. The second-order valence-electron chi connectivity index (χ2n) is 6.56. The zero-order valence-corrected chi connectivity index (χ0v) is 13.7. The Morgan fingerprint density at radius 1 is 1.30 bits per heavy atom. The second-order valence-corrected chi connectivity index (χ2v) is 6.56. The molecule has 1 saturated heterocycles. The molecule has 0 spiro atoms. The maximum atomic E-state index is 12.9. The number of rotatable bonds is 2. The molecule has 0 saturated carbocycles. The van der Waals surface area contributed by atoms with Gasteiger partial charge in [0.25, 0.3) is 5.91 Å². The summed E-state index contributed by atoms with van der Waals surface area (Å²) in [6.07, 6.45) is 0.515. The number of carbonyl (C=O) groups is 2. The number of aromatic amines is 1. The van der Waals surface area contributed by atoms with E-state index < -0.39 is 5.97 Å². The van der Waals surface area contributed by atoms with E-state index in [0.29, 0.717) is 25.1 Å². The number of nitrogens with zero attached hydrogens (tertiary/aromatic N) is 1. The quantitative estimate of drug-likeness (QED) is 0.895. The molecule has 1 aromatic carbocycles. The van der Waals surface area contributed by atoms with Gasteiger partial charge in [-0.05, 0) is 37.8 Å². The number of aromatic nitrogens is 1. The minimum absolute atomic E-state index is 0.0208. The van der Waals surface area contributed by atoms with Crippen molar-refractivity contribution in [3.8, 4) is 0 Å². The molecule has 1 amide bonds. The fourth-order valence-electron chi connectivity index (χ4n) is 3.53. The Hall–Kier alpha value is -2.30. The van der Waals surface area contributed by atoms with E-state index in [9.17, 15) is 14.7 Å². The molecular weight excluding hydrogens is 292 g/mol. The molecule has 0 aliphatic carbocycles. The van der Waals surface area contributed by atoms with Gasteiger partial charge in [-0.15, -0.1) is 0 Å². The number of nitrogens with one attached hydrogen (secondary N) is 1. The standard InChI is InChI=1S/C18H22N2O3/c1-10-9-20(8-7-13(10)18(22)23)17(21)15-6-4-5-14-11(2)12(3)19-16(14)15/h4-6,10,13,19H,7-9H2,1-3H3,(H,22,23). The van der Waals surface area contributed by atoms with Gasteiger partial charge in [0, 0.05) is 24.2 Å². The van der Waals surface area contributed by atoms with Crippen molar-refractivity contribution in [1.82, 2.24) is 9.88 Å². The van der Waals surface area contributed by atoms with Crippen LogP contribution in [0.3, 0.4) is 0 Å². The summed E-state index contributed by atoms with van der Waals surface area (Å²) in [6.45, 7) is 6.94. The molecule has 2 heterocycles. The molecule has 2 N–H and O–H groups in total. The maximum absolute atomic E-state index is 12.9. The lowest BCUT2D eigenvalue weighted by Gasteiger charge is -2.35. The van der Waals surface area contributed by atoms with Gasteiger partial charge in [-0.3, -0.25) is 9.59 Å². The highest BCUT2D eigenvalue weighted by Gasteiger charge is 2.33. The number of fused-ring (bicyclic) bond motifs is 1. The van der Waals surface area contributed by atoms with Crippen molar-refractivity contribution < 1.29 is 14.7 Å². The largest absolute Gasteiger partial charge is 0.481 e. The van der Waals surface area contributed by atoms with Gasteiger partial charge in [-0.25, -0.2) is 0 Å². The fraction of sp³-hybridized carbons (Fsp3) is 0.444. The van der Waals surface area contributed by atoms with Crippen LogP contribution in [-0.4, -0.2) is 40.0 Å². The van der Waals surface area contributed by atoms with Crippen LogP contribution in [0.2, 0.25) is 0 Å². The second kappa shape index (κ2) is 5.72. The van der Waals surface area contributed by atoms with Gasteiger partial charge in [0.1, 0.15) is 0 Å². The predicted octanol–water partition coefficient (Wildman–Crippen LogP) is 2.97. The summed E-state index contributed by atoms with van der Waals surface area (Å²) in [5.41, 5.74) is 3.77. The molecule has 1 aliphatic heterocycles. The van der Waals surface area contributed by atoms with Crippen LogP contribution in [0.1, 0.15) is 35.0 Å². The molecule has 5 nitrogen and oxygen atoms in total. The van der Waals surface area contributed by atoms with Gasteiger partial charge in [0.15, 0.2) is 0 Å². The first-order valence-electron chi connectivity index (χ1n) is 8.00. The van der Waals surface area contributed by atoms with Crippen LogP contribution in [0.15, 0.2) is 18.2 Å². The summed E-state index contributed by atoms with van der Waals surface area (Å²) >= 11 is 0. The topological polar surface area (TPSA) is 73.4 Å². The number of hydrogen-bond acceptors (Lipinski definition) is 2. The highest BCUT2D eigenvalue weighted by atomic mass is 16.4. The number of aliphatic carboxylic acids is 1. The Kier molecular flexibility index (Phi) is 3.88. The van der Waals surface area contributed by atoms with Crippen LogP contribution < -0.4 is 0 Å². The predicted molar refractivity (Wildman–Crippen MR) is 88.6 cm³/mol. The number of hydrogen-bond donors (Lipinski definition) is 2. The fourth-order valence-corrected chi connectivity index (χ4v) is 3.53. The third-order valence-corrected chi connectivity index (χ3v) is 5.08. The number of para-hydroxylation sites is 1. The monoisotopic (exact) mass is 314 g/mol. The molecule has 2 atom stereocenters. The number of aryl methyl sites for hydroxylation is 2. The van der Waals surface area contributed by atoms with Gasteiger partial charge in [0.05, 0.1) is 17.0 Å². The molecule has 2 unspecified atom stereocenters. The highest BCUT2D eigenvalue weighted by Crippen LogP contribution is 2.28. The van der Waals surface area contributed by atoms with E-state index in [1.54, 1.807) is 4.90 Å². The van der Waals surface area contributed by atoms with E-state index in [0.717, 1.165) is 22.2 Å². The van der Waals surface area contributed by atoms with E-state index in [1.165, 1.54) is 0 Å². The van der Waals surface area contributed by atoms with Gasteiger partial charge in [0.2, 0.25) is 0 Å². The first-order chi connectivity index (χ1) is 10.9. The van der Waals surface area contributed by atoms with E-state index in [1.807, 2.05) is 39.0 Å². The highest BCUT2D eigenvalue weighted by molar-refractivity contribution is 6.06. The molecule has 2 aromatic rings. The Morgan fingerprint density at radius 2 is 2.04 bits per heavy atom. The molecule has 1 aromatic heterocycles. The summed E-state index contributed by atoms with van der Waals surface area (Å²) in [6, 6.07) is 5.77. The number of likely N-dealkylation sites (tertiary alicyclic amines) is 1. The number of amides is 1. The van der Waals surface area contributed by atoms with Crippen LogP contribution in [0.5, 0.6) is 0 Å². The minimum Gasteiger partial charge on any atom is -0.481 e. The number of benzene rings is 1. The van der Waals surface area contributed by atoms with Gasteiger partial charge >= 0.3 is 5.97 Å². The lowest BCUT2D eigenvalue weighted by Crippen LogP contribution is -2.45. The van der Waals surface area contributed by atoms with Crippen molar-refractivity contribution in [3.05, 3.63) is 35.0 Å². The van der Waals surface area contributed by atoms with E-state index in [2.05, 4.69) is 4.98 Å². The number of piperidine rings is 1. The van der Waals surface area contributed by atoms with Gasteiger partial charge in [-0.1, -0.05) is 19.1 Å². The van der Waals surface area contributed by atoms with Crippen molar-refractivity contribution >= 4 is 22.8 Å². The summed E-state index contributed by atoms with van der Waals surface area (Å²) < 4.78 is 0. The number of carboxylic acid groups (broad SMARTS) is 1. The van der Waals surface area contributed by atoms with Gasteiger partial charge < -0.3 is 15.0 Å². The Labute approximate surface area is 135 Å². The maximum Gasteiger partial charge on any atom is 0.306 e. The summed E-state index contributed by atoms with van der Waals surface area (Å²) in [5.74, 6) is -1.17. The average Bonchev–Trinajstić information content (AvgIpc) is 2.81. The lowest BCUT2D eigenvalue weighted by molar-refractivity contribution is -0.145. The average molecular weight is 314 g/mol. The minimum atomic E-state index is -0.762. The molecule has 0 radical (unpaired) electrons. The Bertz CT molecular complexity index is 778. The molecule has 0 bridgehead atoms. The van der Waals surface area contributed by atoms with E-state index in [-0.39, 0.29) is 17.7 Å². The summed E-state index contributed by atoms with van der Waals surface area (Å²) in [4.78, 5) is 29.2. The summed E-state index contributed by atoms with van der Waals surface area (Å²) in [7, 11) is 0. The van der Waals surface area contributed by atoms with Crippen molar-refractivity contribution in [3.63, 3.8) is 0 Å². The van der Waals surface area contributed by atoms with Crippen LogP contribution in [0.4, 0.5) is 0 Å². The van der Waals surface area contributed by atoms with Crippen molar-refractivity contribution in [2.45, 2.75) is 27.2 Å². The van der Waals surface area contributed by atoms with Crippen LogP contribution in [0.25, 0.3) is 10.9 Å². The van der Waals surface area contributed by atoms with Crippen LogP contribution in [-0.2, 0) is 4.79 Å². The van der Waals surface area contributed by atoms with Gasteiger partial charge in [-0.2, -0.15) is 0 Å². The molecular formula is C18H22N2O3. The Balaban J connectivity index is 1.90. The number of carbonyl (C=O) groups excluding carboxylic acids is 1. The van der Waals surface area contributed by atoms with E-state index in [4.69, 9.17) is 0 Å². The van der Waals surface area contributed by atoms with Crippen LogP contribution >= 0.6 is 0 Å². The molecule has 122 valence electrons. The Morgan fingerprint density at radius 3 is 2.70 bits per heavy atom. The molecule has 5 heteroatoms. The van der Waals surface area contributed by atoms with Crippen molar-refractivity contribution in [1.29, 1.82) is 0 Å². The van der Waals surface area contributed by atoms with Crippen LogP contribution in [0, 0.1) is 25.7 Å². The SMILES string of the molecule is Cc1[nH]c2c(C(=O)N3CCC(C(=O)O)C(C)C3)cccc2c1C. The first-order valence-corrected chi connectivity index (χ1v) is 8.00. The summed E-state index contributed by atoms with van der Waals surface area (Å²) in [5, 5.41) is 10.3. The normalized spacial score (nSPS) is 21.6. The number of carboxylic acids is 1. The zero-order chi connectivity index (χ0) is 16.7. The van der Waals surface area contributed by atoms with E-state index >= 15 is 0 Å². The molecule has 1 aliphatic rings. The smallest absolute Gasteiger partial charge is 0.306 e. The molecule has 3 rings (SSSR count). The van der Waals surface area contributed by atoms with Crippen molar-refractivity contribution in [2.75, 3.05) is 13.1 Å². The zero-order valence-electron chi connectivity index (χ0n) is 13.7.